The fraction of sp³-hybridized carbons (Fsp3) is 0.632. The van der Waals surface area contributed by atoms with Crippen molar-refractivity contribution in [1.29, 1.82) is 0 Å². The maximum Gasteiger partial charge on any atom is 0.416 e. The number of nitrogens with one attached hydrogen (secondary N) is 2. The highest BCUT2D eigenvalue weighted by molar-refractivity contribution is 14.0. The highest BCUT2D eigenvalue weighted by Crippen LogP contribution is 2.29. The number of halogens is 4. The van der Waals surface area contributed by atoms with Gasteiger partial charge in [-0.05, 0) is 45.1 Å². The predicted molar refractivity (Wildman–Crippen MR) is 118 cm³/mol. The van der Waals surface area contributed by atoms with E-state index in [1.54, 1.807) is 0 Å². The Balaban J connectivity index is 0.00000392. The standard InChI is InChI=1S/C19H30F3N5.HI/c1-4-23-18(25-13-17-14-26(2)11-12-27(17)3)24-10-9-15-5-7-16(8-6-15)19(20,21)22;/h5-8,17H,4,9-14H2,1-3H3,(H2,23,24,25);1H. The fourth-order valence-corrected chi connectivity index (χ4v) is 3.02. The lowest BCUT2D eigenvalue weighted by atomic mass is 10.1. The predicted octanol–water partition coefficient (Wildman–Crippen LogP) is 2.67. The molecule has 0 spiro atoms. The van der Waals surface area contributed by atoms with Crippen LogP contribution >= 0.6 is 24.0 Å². The molecule has 1 fully saturated rings. The van der Waals surface area contributed by atoms with Crippen molar-refractivity contribution >= 4 is 29.9 Å². The SMILES string of the molecule is CCNC(=NCC1CN(C)CCN1C)NCCc1ccc(C(F)(F)F)cc1.I. The van der Waals surface area contributed by atoms with Crippen molar-refractivity contribution in [2.45, 2.75) is 25.6 Å². The van der Waals surface area contributed by atoms with Crippen LogP contribution < -0.4 is 10.6 Å². The lowest BCUT2D eigenvalue weighted by Crippen LogP contribution is -2.51. The van der Waals surface area contributed by atoms with Crippen molar-refractivity contribution in [2.75, 3.05) is 53.4 Å². The van der Waals surface area contributed by atoms with Crippen molar-refractivity contribution in [3.8, 4) is 0 Å². The summed E-state index contributed by atoms with van der Waals surface area (Å²) in [5, 5.41) is 6.49. The number of likely N-dealkylation sites (N-methyl/N-ethyl adjacent to an activating group) is 2. The van der Waals surface area contributed by atoms with Gasteiger partial charge in [-0.3, -0.25) is 9.89 Å². The molecule has 1 aliphatic rings. The number of guanidine groups is 1. The van der Waals surface area contributed by atoms with Gasteiger partial charge in [0.15, 0.2) is 5.96 Å². The number of rotatable bonds is 6. The normalized spacial score (nSPS) is 19.2. The molecule has 0 amide bonds. The van der Waals surface area contributed by atoms with Crippen LogP contribution in [-0.2, 0) is 12.6 Å². The van der Waals surface area contributed by atoms with Gasteiger partial charge >= 0.3 is 6.18 Å². The van der Waals surface area contributed by atoms with Crippen LogP contribution in [0.25, 0.3) is 0 Å². The Kier molecular flexibility index (Phi) is 10.5. The van der Waals surface area contributed by atoms with Gasteiger partial charge in [-0.2, -0.15) is 13.2 Å². The minimum atomic E-state index is -4.29. The lowest BCUT2D eigenvalue weighted by molar-refractivity contribution is -0.137. The van der Waals surface area contributed by atoms with Crippen molar-refractivity contribution in [2.24, 2.45) is 4.99 Å². The molecule has 2 rings (SSSR count). The summed E-state index contributed by atoms with van der Waals surface area (Å²) < 4.78 is 37.8. The molecule has 1 aromatic rings. The molecule has 1 atom stereocenters. The zero-order valence-corrected chi connectivity index (χ0v) is 19.1. The Hall–Kier alpha value is -1.07. The number of nitrogens with zero attached hydrogens (tertiary/aromatic N) is 3. The molecule has 28 heavy (non-hydrogen) atoms. The first-order valence-electron chi connectivity index (χ1n) is 9.36. The molecule has 9 heteroatoms. The molecule has 1 saturated heterocycles. The number of hydrogen-bond donors (Lipinski definition) is 2. The summed E-state index contributed by atoms with van der Waals surface area (Å²) in [7, 11) is 4.25. The van der Waals surface area contributed by atoms with E-state index in [1.165, 1.54) is 12.1 Å². The topological polar surface area (TPSA) is 42.9 Å². The van der Waals surface area contributed by atoms with Gasteiger partial charge in [0.05, 0.1) is 12.1 Å². The third kappa shape index (κ3) is 8.12. The summed E-state index contributed by atoms with van der Waals surface area (Å²) in [5.74, 6) is 0.742. The molecule has 2 N–H and O–H groups in total. The van der Waals surface area contributed by atoms with E-state index in [0.29, 0.717) is 25.6 Å². The molecule has 0 saturated carbocycles. The van der Waals surface area contributed by atoms with E-state index in [2.05, 4.69) is 39.5 Å². The molecular weight excluding hydrogens is 482 g/mol. The zero-order chi connectivity index (χ0) is 19.9. The largest absolute Gasteiger partial charge is 0.416 e. The lowest BCUT2D eigenvalue weighted by Gasteiger charge is -2.36. The second-order valence-electron chi connectivity index (χ2n) is 6.99. The molecule has 0 aromatic heterocycles. The maximum absolute atomic E-state index is 12.6. The van der Waals surface area contributed by atoms with Crippen LogP contribution in [0.15, 0.2) is 29.3 Å². The zero-order valence-electron chi connectivity index (χ0n) is 16.7. The number of aliphatic imine (C=N–C) groups is 1. The van der Waals surface area contributed by atoms with E-state index < -0.39 is 11.7 Å². The number of alkyl halides is 3. The van der Waals surface area contributed by atoms with Crippen LogP contribution in [0.2, 0.25) is 0 Å². The molecule has 0 aliphatic carbocycles. The van der Waals surface area contributed by atoms with Gasteiger partial charge in [0.25, 0.3) is 0 Å². The highest BCUT2D eigenvalue weighted by atomic mass is 127. The molecule has 160 valence electrons. The van der Waals surface area contributed by atoms with E-state index in [9.17, 15) is 13.2 Å². The van der Waals surface area contributed by atoms with E-state index in [0.717, 1.165) is 49.8 Å². The van der Waals surface area contributed by atoms with Crippen molar-refractivity contribution in [1.82, 2.24) is 20.4 Å². The van der Waals surface area contributed by atoms with Gasteiger partial charge in [-0.15, -0.1) is 24.0 Å². The first-order chi connectivity index (χ1) is 12.8. The summed E-state index contributed by atoms with van der Waals surface area (Å²) in [4.78, 5) is 9.32. The van der Waals surface area contributed by atoms with E-state index in [1.807, 2.05) is 6.92 Å². The van der Waals surface area contributed by atoms with Crippen molar-refractivity contribution < 1.29 is 13.2 Å². The maximum atomic E-state index is 12.6. The van der Waals surface area contributed by atoms with Gasteiger partial charge in [-0.25, -0.2) is 0 Å². The molecule has 5 nitrogen and oxygen atoms in total. The number of piperazine rings is 1. The van der Waals surface area contributed by atoms with Crippen LogP contribution in [0.3, 0.4) is 0 Å². The highest BCUT2D eigenvalue weighted by Gasteiger charge is 2.29. The van der Waals surface area contributed by atoms with Crippen LogP contribution in [0.5, 0.6) is 0 Å². The Bertz CT molecular complexity index is 607. The smallest absolute Gasteiger partial charge is 0.357 e. The Morgan fingerprint density at radius 1 is 1.14 bits per heavy atom. The summed E-state index contributed by atoms with van der Waals surface area (Å²) in [6.07, 6.45) is -3.66. The first kappa shape index (κ1) is 25.0. The summed E-state index contributed by atoms with van der Waals surface area (Å²) >= 11 is 0. The first-order valence-corrected chi connectivity index (χ1v) is 9.36. The van der Waals surface area contributed by atoms with Gasteiger partial charge in [-0.1, -0.05) is 12.1 Å². The van der Waals surface area contributed by atoms with Crippen LogP contribution in [0.1, 0.15) is 18.1 Å². The monoisotopic (exact) mass is 513 g/mol. The van der Waals surface area contributed by atoms with Gasteiger partial charge < -0.3 is 15.5 Å². The summed E-state index contributed by atoms with van der Waals surface area (Å²) in [6, 6.07) is 5.70. The molecule has 1 heterocycles. The van der Waals surface area contributed by atoms with E-state index in [4.69, 9.17) is 0 Å². The number of hydrogen-bond acceptors (Lipinski definition) is 3. The summed E-state index contributed by atoms with van der Waals surface area (Å²) in [6.45, 7) is 7.18. The van der Waals surface area contributed by atoms with Crippen molar-refractivity contribution in [3.05, 3.63) is 35.4 Å². The second kappa shape index (κ2) is 11.8. The van der Waals surface area contributed by atoms with Crippen molar-refractivity contribution in [3.63, 3.8) is 0 Å². The van der Waals surface area contributed by atoms with Gasteiger partial charge in [0, 0.05) is 38.8 Å². The Morgan fingerprint density at radius 3 is 2.43 bits per heavy atom. The minimum absolute atomic E-state index is 0. The summed E-state index contributed by atoms with van der Waals surface area (Å²) in [5.41, 5.74) is 0.246. The minimum Gasteiger partial charge on any atom is -0.357 e. The third-order valence-corrected chi connectivity index (χ3v) is 4.77. The average molecular weight is 513 g/mol. The number of benzene rings is 1. The van der Waals surface area contributed by atoms with Crippen LogP contribution in [0, 0.1) is 0 Å². The Labute approximate surface area is 182 Å². The Morgan fingerprint density at radius 2 is 1.82 bits per heavy atom. The molecule has 1 aliphatic heterocycles. The van der Waals surface area contributed by atoms with Gasteiger partial charge in [0.2, 0.25) is 0 Å². The molecule has 1 aromatic carbocycles. The third-order valence-electron chi connectivity index (χ3n) is 4.77. The quantitative estimate of drug-likeness (QED) is 0.349. The van der Waals surface area contributed by atoms with Crippen LogP contribution in [0.4, 0.5) is 13.2 Å². The van der Waals surface area contributed by atoms with E-state index >= 15 is 0 Å². The van der Waals surface area contributed by atoms with Gasteiger partial charge in [0.1, 0.15) is 0 Å². The molecule has 0 bridgehead atoms. The molecular formula is C19H31F3IN5. The second-order valence-corrected chi connectivity index (χ2v) is 6.99. The van der Waals surface area contributed by atoms with E-state index in [-0.39, 0.29) is 24.0 Å². The molecule has 1 unspecified atom stereocenters. The molecule has 0 radical (unpaired) electrons. The average Bonchev–Trinajstić information content (AvgIpc) is 2.62. The van der Waals surface area contributed by atoms with Crippen LogP contribution in [-0.4, -0.2) is 75.2 Å². The fourth-order valence-electron chi connectivity index (χ4n) is 3.02.